The van der Waals surface area contributed by atoms with Gasteiger partial charge in [0.1, 0.15) is 4.84 Å². The summed E-state index contributed by atoms with van der Waals surface area (Å²) in [4.78, 5) is -0.655. The lowest BCUT2D eigenvalue weighted by Crippen LogP contribution is -2.39. The van der Waals surface area contributed by atoms with Gasteiger partial charge in [-0.3, -0.25) is 0 Å². The molecule has 5 heteroatoms. The van der Waals surface area contributed by atoms with Gasteiger partial charge in [-0.05, 0) is 41.1 Å². The number of likely N-dealkylation sites (N-methyl/N-ethyl adjacent to an activating group) is 1. The van der Waals surface area contributed by atoms with Gasteiger partial charge in [0.15, 0.2) is 0 Å². The minimum atomic E-state index is -0.714. The van der Waals surface area contributed by atoms with Crippen LogP contribution in [-0.4, -0.2) is 22.5 Å². The molecule has 2 unspecified atom stereocenters. The van der Waals surface area contributed by atoms with E-state index in [0.29, 0.717) is 6.54 Å². The average molecular weight is 304 g/mol. The monoisotopic (exact) mass is 303 g/mol. The Morgan fingerprint density at radius 1 is 1.33 bits per heavy atom. The van der Waals surface area contributed by atoms with Crippen molar-refractivity contribution in [2.45, 2.75) is 23.9 Å². The SMILES string of the molecule is CCNC(C(Cl)Cl)C(O)c1ccc2sccc2c1. The smallest absolute Gasteiger partial charge is 0.125 e. The van der Waals surface area contributed by atoms with Crippen LogP contribution in [0.1, 0.15) is 18.6 Å². The van der Waals surface area contributed by atoms with Crippen LogP contribution >= 0.6 is 34.5 Å². The first kappa shape index (κ1) is 14.1. The summed E-state index contributed by atoms with van der Waals surface area (Å²) in [5.74, 6) is 0. The third kappa shape index (κ3) is 2.98. The summed E-state index contributed by atoms with van der Waals surface area (Å²) in [6.45, 7) is 2.66. The highest BCUT2D eigenvalue weighted by Crippen LogP contribution is 2.28. The van der Waals surface area contributed by atoms with E-state index in [9.17, 15) is 5.11 Å². The van der Waals surface area contributed by atoms with E-state index < -0.39 is 10.9 Å². The van der Waals surface area contributed by atoms with Gasteiger partial charge in [-0.25, -0.2) is 0 Å². The highest BCUT2D eigenvalue weighted by atomic mass is 35.5. The van der Waals surface area contributed by atoms with Crippen molar-refractivity contribution < 1.29 is 5.11 Å². The second-order valence-electron chi connectivity index (χ2n) is 4.08. The van der Waals surface area contributed by atoms with Gasteiger partial charge in [0, 0.05) is 4.70 Å². The molecule has 2 atom stereocenters. The highest BCUT2D eigenvalue weighted by Gasteiger charge is 2.26. The standard InChI is InChI=1S/C13H15Cl2NOS/c1-2-16-11(13(14)15)12(17)9-3-4-10-8(7-9)5-6-18-10/h3-7,11-13,16-17H,2H2,1H3. The van der Waals surface area contributed by atoms with E-state index in [-0.39, 0.29) is 6.04 Å². The number of fused-ring (bicyclic) bond motifs is 1. The van der Waals surface area contributed by atoms with Crippen LogP contribution in [0.4, 0.5) is 0 Å². The van der Waals surface area contributed by atoms with E-state index in [2.05, 4.69) is 5.32 Å². The first-order valence-electron chi connectivity index (χ1n) is 5.80. The normalized spacial score (nSPS) is 15.2. The average Bonchev–Trinajstić information content (AvgIpc) is 2.81. The number of aliphatic hydroxyl groups excluding tert-OH is 1. The maximum atomic E-state index is 10.4. The van der Waals surface area contributed by atoms with E-state index in [1.54, 1.807) is 11.3 Å². The second kappa shape index (κ2) is 6.22. The Bertz CT molecular complexity index is 514. The summed E-state index contributed by atoms with van der Waals surface area (Å²) in [5, 5.41) is 16.6. The molecule has 0 saturated heterocycles. The molecule has 0 fully saturated rings. The molecule has 0 spiro atoms. The van der Waals surface area contributed by atoms with Gasteiger partial charge >= 0.3 is 0 Å². The molecule has 0 saturated carbocycles. The van der Waals surface area contributed by atoms with Gasteiger partial charge in [0.2, 0.25) is 0 Å². The molecule has 1 heterocycles. The van der Waals surface area contributed by atoms with Crippen molar-refractivity contribution >= 4 is 44.6 Å². The van der Waals surface area contributed by atoms with Gasteiger partial charge in [-0.2, -0.15) is 0 Å². The molecule has 2 N–H and O–H groups in total. The summed E-state index contributed by atoms with van der Waals surface area (Å²) in [6.07, 6.45) is -0.714. The zero-order valence-corrected chi connectivity index (χ0v) is 12.3. The molecule has 1 aromatic carbocycles. The number of alkyl halides is 2. The van der Waals surface area contributed by atoms with Gasteiger partial charge in [-0.1, -0.05) is 13.0 Å². The van der Waals surface area contributed by atoms with Crippen LogP contribution in [-0.2, 0) is 0 Å². The number of hydrogen-bond donors (Lipinski definition) is 2. The zero-order valence-electron chi connectivity index (χ0n) is 9.94. The summed E-state index contributed by atoms with van der Waals surface area (Å²) >= 11 is 13.5. The van der Waals surface area contributed by atoms with Crippen LogP contribution in [0, 0.1) is 0 Å². The number of hydrogen-bond acceptors (Lipinski definition) is 3. The molecular weight excluding hydrogens is 289 g/mol. The molecule has 0 aliphatic carbocycles. The zero-order chi connectivity index (χ0) is 13.1. The lowest BCUT2D eigenvalue weighted by molar-refractivity contribution is 0.135. The third-order valence-corrected chi connectivity index (χ3v) is 4.31. The molecule has 0 bridgehead atoms. The van der Waals surface area contributed by atoms with Crippen molar-refractivity contribution in [1.29, 1.82) is 0 Å². The molecule has 0 aliphatic heterocycles. The Hall–Kier alpha value is -0.320. The first-order valence-corrected chi connectivity index (χ1v) is 7.55. The van der Waals surface area contributed by atoms with Crippen LogP contribution in [0.2, 0.25) is 0 Å². The quantitative estimate of drug-likeness (QED) is 0.825. The van der Waals surface area contributed by atoms with Crippen molar-refractivity contribution in [2.24, 2.45) is 0 Å². The van der Waals surface area contributed by atoms with Crippen LogP contribution in [0.15, 0.2) is 29.6 Å². The maximum Gasteiger partial charge on any atom is 0.125 e. The molecule has 2 aromatic rings. The third-order valence-electron chi connectivity index (χ3n) is 2.87. The predicted molar refractivity (Wildman–Crippen MR) is 79.7 cm³/mol. The molecule has 2 nitrogen and oxygen atoms in total. The number of nitrogens with one attached hydrogen (secondary N) is 1. The van der Waals surface area contributed by atoms with Crippen LogP contribution in [0.3, 0.4) is 0 Å². The lowest BCUT2D eigenvalue weighted by Gasteiger charge is -2.25. The maximum absolute atomic E-state index is 10.4. The summed E-state index contributed by atoms with van der Waals surface area (Å²) < 4.78 is 1.21. The van der Waals surface area contributed by atoms with Crippen molar-refractivity contribution in [3.63, 3.8) is 0 Å². The highest BCUT2D eigenvalue weighted by molar-refractivity contribution is 7.17. The summed E-state index contributed by atoms with van der Waals surface area (Å²) in [5.41, 5.74) is 0.832. The molecule has 0 amide bonds. The fraction of sp³-hybridized carbons (Fsp3) is 0.385. The van der Waals surface area contributed by atoms with Crippen molar-refractivity contribution in [2.75, 3.05) is 6.54 Å². The minimum Gasteiger partial charge on any atom is -0.387 e. The fourth-order valence-corrected chi connectivity index (χ4v) is 3.18. The topological polar surface area (TPSA) is 32.3 Å². The van der Waals surface area contributed by atoms with Gasteiger partial charge in [0.05, 0.1) is 12.1 Å². The van der Waals surface area contributed by atoms with E-state index >= 15 is 0 Å². The lowest BCUT2D eigenvalue weighted by atomic mass is 10.0. The number of thiophene rings is 1. The number of halogens is 2. The van der Waals surface area contributed by atoms with Crippen LogP contribution in [0.25, 0.3) is 10.1 Å². The van der Waals surface area contributed by atoms with Gasteiger partial charge in [0.25, 0.3) is 0 Å². The molecule has 0 aliphatic rings. The van der Waals surface area contributed by atoms with Crippen LogP contribution < -0.4 is 5.32 Å². The molecule has 1 aromatic heterocycles. The van der Waals surface area contributed by atoms with Crippen molar-refractivity contribution in [3.05, 3.63) is 35.2 Å². The Labute approximate surface area is 121 Å². The molecule has 0 radical (unpaired) electrons. The largest absolute Gasteiger partial charge is 0.387 e. The van der Waals surface area contributed by atoms with Gasteiger partial charge in [-0.15, -0.1) is 34.5 Å². The van der Waals surface area contributed by atoms with E-state index in [1.807, 2.05) is 36.6 Å². The molecular formula is C13H15Cl2NOS. The number of aliphatic hydroxyl groups is 1. The Kier molecular flexibility index (Phi) is 4.87. The van der Waals surface area contributed by atoms with E-state index in [4.69, 9.17) is 23.2 Å². The minimum absolute atomic E-state index is 0.366. The van der Waals surface area contributed by atoms with E-state index in [0.717, 1.165) is 10.9 Å². The second-order valence-corrected chi connectivity index (χ2v) is 6.19. The van der Waals surface area contributed by atoms with Crippen molar-refractivity contribution in [1.82, 2.24) is 5.32 Å². The van der Waals surface area contributed by atoms with E-state index in [1.165, 1.54) is 4.70 Å². The molecule has 98 valence electrons. The Balaban J connectivity index is 2.27. The number of rotatable bonds is 5. The first-order chi connectivity index (χ1) is 8.63. The fourth-order valence-electron chi connectivity index (χ4n) is 1.95. The number of benzene rings is 1. The summed E-state index contributed by atoms with van der Waals surface area (Å²) in [6, 6.07) is 7.59. The molecule has 2 rings (SSSR count). The van der Waals surface area contributed by atoms with Crippen LogP contribution in [0.5, 0.6) is 0 Å². The van der Waals surface area contributed by atoms with Crippen molar-refractivity contribution in [3.8, 4) is 0 Å². The predicted octanol–water partition coefficient (Wildman–Crippen LogP) is 3.72. The molecule has 18 heavy (non-hydrogen) atoms. The summed E-state index contributed by atoms with van der Waals surface area (Å²) in [7, 11) is 0. The Morgan fingerprint density at radius 3 is 2.78 bits per heavy atom. The Morgan fingerprint density at radius 2 is 2.11 bits per heavy atom. The van der Waals surface area contributed by atoms with Gasteiger partial charge < -0.3 is 10.4 Å².